The summed E-state index contributed by atoms with van der Waals surface area (Å²) >= 11 is 1.30. The predicted molar refractivity (Wildman–Crippen MR) is 43.4 cm³/mol. The molecule has 0 saturated heterocycles. The van der Waals surface area contributed by atoms with Gasteiger partial charge < -0.3 is 5.73 Å². The van der Waals surface area contributed by atoms with Gasteiger partial charge in [0.15, 0.2) is 11.0 Å². The van der Waals surface area contributed by atoms with Crippen LogP contribution in [-0.2, 0) is 11.0 Å². The van der Waals surface area contributed by atoms with Crippen molar-refractivity contribution in [1.29, 1.82) is 0 Å². The minimum absolute atomic E-state index is 0.587. The molecule has 0 aromatic carbocycles. The molecule has 1 unspecified atom stereocenters. The van der Waals surface area contributed by atoms with E-state index in [-0.39, 0.29) is 0 Å². The number of nitrogens with two attached hydrogens (primary N) is 1. The minimum atomic E-state index is -1.49. The molecule has 1 heterocycles. The SMILES string of the molecule is NC(=O)NS(=O)c1cccs1. The average Bonchev–Trinajstić information content (AvgIpc) is 2.35. The van der Waals surface area contributed by atoms with E-state index in [2.05, 4.69) is 4.72 Å². The van der Waals surface area contributed by atoms with Crippen LogP contribution < -0.4 is 10.5 Å². The van der Waals surface area contributed by atoms with Gasteiger partial charge in [-0.25, -0.2) is 9.00 Å². The van der Waals surface area contributed by atoms with Crippen molar-refractivity contribution < 1.29 is 9.00 Å². The van der Waals surface area contributed by atoms with Crippen LogP contribution >= 0.6 is 11.3 Å². The third-order valence-corrected chi connectivity index (χ3v) is 3.16. The van der Waals surface area contributed by atoms with E-state index in [9.17, 15) is 9.00 Å². The zero-order valence-electron chi connectivity index (χ0n) is 5.44. The first-order valence-corrected chi connectivity index (χ1v) is 4.74. The lowest BCUT2D eigenvalue weighted by Crippen LogP contribution is -2.30. The molecule has 1 aromatic heterocycles. The molecular formula is C5H6N2O2S2. The number of rotatable bonds is 2. The van der Waals surface area contributed by atoms with Gasteiger partial charge in [0.1, 0.15) is 4.21 Å². The maximum Gasteiger partial charge on any atom is 0.324 e. The normalized spacial score (nSPS) is 12.4. The molecule has 1 aromatic rings. The molecule has 1 rings (SSSR count). The molecule has 0 radical (unpaired) electrons. The molecule has 0 aliphatic rings. The standard InChI is InChI=1S/C5H6N2O2S2/c6-5(8)7-11(9)4-2-1-3-10-4/h1-3H,(H3,6,7,8). The van der Waals surface area contributed by atoms with Crippen LogP contribution in [0.25, 0.3) is 0 Å². The summed E-state index contributed by atoms with van der Waals surface area (Å²) in [5.41, 5.74) is 4.76. The Morgan fingerprint density at radius 2 is 2.45 bits per heavy atom. The number of primary amides is 1. The first-order valence-electron chi connectivity index (χ1n) is 2.71. The van der Waals surface area contributed by atoms with Crippen LogP contribution in [0.1, 0.15) is 0 Å². The number of carbonyl (C=O) groups is 1. The summed E-state index contributed by atoms with van der Waals surface area (Å²) < 4.78 is 13.7. The highest BCUT2D eigenvalue weighted by Crippen LogP contribution is 2.11. The van der Waals surface area contributed by atoms with Crippen molar-refractivity contribution in [3.8, 4) is 0 Å². The molecule has 3 N–H and O–H groups in total. The Morgan fingerprint density at radius 3 is 2.91 bits per heavy atom. The molecule has 0 spiro atoms. The molecule has 0 aliphatic heterocycles. The summed E-state index contributed by atoms with van der Waals surface area (Å²) in [6.07, 6.45) is 0. The topological polar surface area (TPSA) is 72.2 Å². The van der Waals surface area contributed by atoms with Crippen LogP contribution in [0.3, 0.4) is 0 Å². The van der Waals surface area contributed by atoms with E-state index in [4.69, 9.17) is 5.73 Å². The number of amides is 2. The smallest absolute Gasteiger partial charge is 0.324 e. The Balaban J connectivity index is 2.64. The molecule has 0 fully saturated rings. The van der Waals surface area contributed by atoms with Crippen molar-refractivity contribution in [2.24, 2.45) is 5.73 Å². The predicted octanol–water partition coefficient (Wildman–Crippen LogP) is 0.439. The van der Waals surface area contributed by atoms with Crippen LogP contribution in [0.15, 0.2) is 21.7 Å². The number of thiophene rings is 1. The van der Waals surface area contributed by atoms with Gasteiger partial charge >= 0.3 is 6.03 Å². The molecule has 1 atom stereocenters. The molecule has 0 aliphatic carbocycles. The summed E-state index contributed by atoms with van der Waals surface area (Å²) in [6, 6.07) is 2.63. The van der Waals surface area contributed by atoms with E-state index in [0.717, 1.165) is 0 Å². The molecular weight excluding hydrogens is 184 g/mol. The highest BCUT2D eigenvalue weighted by atomic mass is 32.2. The lowest BCUT2D eigenvalue weighted by Gasteiger charge is -1.95. The van der Waals surface area contributed by atoms with Gasteiger partial charge in [0.25, 0.3) is 0 Å². The third-order valence-electron chi connectivity index (χ3n) is 0.871. The van der Waals surface area contributed by atoms with Crippen LogP contribution in [0.4, 0.5) is 4.79 Å². The second-order valence-corrected chi connectivity index (χ2v) is 4.05. The Labute approximate surface area is 70.0 Å². The zero-order valence-corrected chi connectivity index (χ0v) is 7.08. The van der Waals surface area contributed by atoms with Gasteiger partial charge in [0, 0.05) is 0 Å². The number of hydrogen-bond donors (Lipinski definition) is 2. The average molecular weight is 190 g/mol. The Morgan fingerprint density at radius 1 is 1.73 bits per heavy atom. The largest absolute Gasteiger partial charge is 0.351 e. The maximum atomic E-state index is 11.0. The van der Waals surface area contributed by atoms with E-state index in [1.54, 1.807) is 17.5 Å². The van der Waals surface area contributed by atoms with E-state index in [0.29, 0.717) is 4.21 Å². The Hall–Kier alpha value is -0.880. The quantitative estimate of drug-likeness (QED) is 0.710. The Kier molecular flexibility index (Phi) is 2.61. The fraction of sp³-hybridized carbons (Fsp3) is 0. The van der Waals surface area contributed by atoms with Crippen molar-refractivity contribution in [3.05, 3.63) is 17.5 Å². The van der Waals surface area contributed by atoms with E-state index in [1.807, 2.05) is 0 Å². The van der Waals surface area contributed by atoms with Gasteiger partial charge in [0.05, 0.1) is 0 Å². The number of hydrogen-bond acceptors (Lipinski definition) is 3. The lowest BCUT2D eigenvalue weighted by atomic mass is 10.7. The minimum Gasteiger partial charge on any atom is -0.351 e. The first-order chi connectivity index (χ1) is 5.20. The second-order valence-electron chi connectivity index (χ2n) is 1.67. The van der Waals surface area contributed by atoms with Gasteiger partial charge in [0.2, 0.25) is 0 Å². The van der Waals surface area contributed by atoms with Crippen molar-refractivity contribution in [2.75, 3.05) is 0 Å². The van der Waals surface area contributed by atoms with E-state index in [1.165, 1.54) is 11.3 Å². The van der Waals surface area contributed by atoms with Crippen LogP contribution in [0.5, 0.6) is 0 Å². The summed E-state index contributed by atoms with van der Waals surface area (Å²) in [7, 11) is -1.49. The number of carbonyl (C=O) groups excluding carboxylic acids is 1. The van der Waals surface area contributed by atoms with Gasteiger partial charge in [-0.05, 0) is 11.4 Å². The van der Waals surface area contributed by atoms with Crippen molar-refractivity contribution in [2.45, 2.75) is 4.21 Å². The van der Waals surface area contributed by atoms with Gasteiger partial charge in [-0.3, -0.25) is 4.72 Å². The van der Waals surface area contributed by atoms with E-state index < -0.39 is 17.0 Å². The van der Waals surface area contributed by atoms with Gasteiger partial charge in [-0.1, -0.05) is 6.07 Å². The van der Waals surface area contributed by atoms with E-state index >= 15 is 0 Å². The molecule has 2 amide bonds. The fourth-order valence-corrected chi connectivity index (χ4v) is 2.09. The molecule has 6 heteroatoms. The first kappa shape index (κ1) is 8.22. The van der Waals surface area contributed by atoms with Crippen molar-refractivity contribution in [3.63, 3.8) is 0 Å². The second kappa shape index (κ2) is 3.49. The zero-order chi connectivity index (χ0) is 8.27. The molecule has 4 nitrogen and oxygen atoms in total. The van der Waals surface area contributed by atoms with Crippen molar-refractivity contribution in [1.82, 2.24) is 4.72 Å². The maximum absolute atomic E-state index is 11.0. The lowest BCUT2D eigenvalue weighted by molar-refractivity contribution is 0.254. The third kappa shape index (κ3) is 2.32. The Bertz CT molecular complexity index is 270. The van der Waals surface area contributed by atoms with Gasteiger partial charge in [-0.2, -0.15) is 0 Å². The molecule has 60 valence electrons. The summed E-state index contributed by atoms with van der Waals surface area (Å²) in [4.78, 5) is 10.2. The number of nitrogens with one attached hydrogen (secondary N) is 1. The summed E-state index contributed by atoms with van der Waals surface area (Å²) in [5, 5.41) is 1.77. The van der Waals surface area contributed by atoms with Crippen LogP contribution in [0.2, 0.25) is 0 Å². The molecule has 0 bridgehead atoms. The molecule has 0 saturated carbocycles. The highest BCUT2D eigenvalue weighted by Gasteiger charge is 2.04. The monoisotopic (exact) mass is 190 g/mol. The number of urea groups is 1. The highest BCUT2D eigenvalue weighted by molar-refractivity contribution is 7.85. The van der Waals surface area contributed by atoms with Crippen LogP contribution in [0, 0.1) is 0 Å². The van der Waals surface area contributed by atoms with Crippen molar-refractivity contribution >= 4 is 28.4 Å². The van der Waals surface area contributed by atoms with Crippen LogP contribution in [-0.4, -0.2) is 10.2 Å². The fourth-order valence-electron chi connectivity index (χ4n) is 0.511. The summed E-state index contributed by atoms with van der Waals surface area (Å²) in [5.74, 6) is 0. The molecule has 11 heavy (non-hydrogen) atoms. The summed E-state index contributed by atoms with van der Waals surface area (Å²) in [6.45, 7) is 0. The van der Waals surface area contributed by atoms with Gasteiger partial charge in [-0.15, -0.1) is 11.3 Å².